The van der Waals surface area contributed by atoms with Gasteiger partial charge in [-0.15, -0.1) is 0 Å². The highest BCUT2D eigenvalue weighted by Gasteiger charge is 2.07. The van der Waals surface area contributed by atoms with Crippen molar-refractivity contribution >= 4 is 17.2 Å². The molecule has 1 aromatic heterocycles. The smallest absolute Gasteiger partial charge is 0.140 e. The zero-order valence-corrected chi connectivity index (χ0v) is 10.7. The molecule has 0 unspecified atom stereocenters. The van der Waals surface area contributed by atoms with Gasteiger partial charge in [0.2, 0.25) is 0 Å². The maximum atomic E-state index is 5.31. The highest BCUT2D eigenvalue weighted by Crippen LogP contribution is 2.25. The van der Waals surface area contributed by atoms with Crippen LogP contribution < -0.4 is 16.2 Å². The van der Waals surface area contributed by atoms with Crippen molar-refractivity contribution in [2.45, 2.75) is 13.8 Å². The van der Waals surface area contributed by atoms with Crippen LogP contribution in [0.3, 0.4) is 0 Å². The first-order valence-corrected chi connectivity index (χ1v) is 6.01. The summed E-state index contributed by atoms with van der Waals surface area (Å²) < 4.78 is 0. The Kier molecular flexibility index (Phi) is 3.79. The Bertz CT molecular complexity index is 507. The van der Waals surface area contributed by atoms with E-state index in [1.54, 1.807) is 0 Å². The van der Waals surface area contributed by atoms with E-state index >= 15 is 0 Å². The molecule has 0 fully saturated rings. The number of hydrogen-bond acceptors (Lipinski definition) is 4. The van der Waals surface area contributed by atoms with Crippen molar-refractivity contribution in [2.24, 2.45) is 5.84 Å². The van der Waals surface area contributed by atoms with E-state index in [9.17, 15) is 0 Å². The average molecular weight is 242 g/mol. The fourth-order valence-electron chi connectivity index (χ4n) is 1.94. The van der Waals surface area contributed by atoms with Gasteiger partial charge in [-0.25, -0.2) is 10.8 Å². The summed E-state index contributed by atoms with van der Waals surface area (Å²) in [6.07, 6.45) is 1.82. The van der Waals surface area contributed by atoms with Gasteiger partial charge < -0.3 is 10.3 Å². The maximum absolute atomic E-state index is 5.31. The second-order valence-electron chi connectivity index (χ2n) is 4.13. The first-order valence-electron chi connectivity index (χ1n) is 6.01. The minimum Gasteiger partial charge on any atom is -0.341 e. The van der Waals surface area contributed by atoms with Crippen LogP contribution in [0.1, 0.15) is 12.5 Å². The summed E-state index contributed by atoms with van der Waals surface area (Å²) in [4.78, 5) is 6.44. The fourth-order valence-corrected chi connectivity index (χ4v) is 1.94. The minimum atomic E-state index is 0.666. The molecule has 0 amide bonds. The largest absolute Gasteiger partial charge is 0.341 e. The zero-order chi connectivity index (χ0) is 13.0. The number of hydrogen-bond donors (Lipinski definition) is 2. The van der Waals surface area contributed by atoms with Crippen LogP contribution in [0.5, 0.6) is 0 Å². The van der Waals surface area contributed by atoms with Crippen LogP contribution in [0, 0.1) is 6.92 Å². The molecule has 1 aromatic carbocycles. The second-order valence-corrected chi connectivity index (χ2v) is 4.13. The molecule has 2 aromatic rings. The molecular formula is C14H18N4. The first kappa shape index (κ1) is 12.4. The third-order valence-electron chi connectivity index (χ3n) is 2.84. The Labute approximate surface area is 107 Å². The van der Waals surface area contributed by atoms with E-state index in [0.717, 1.165) is 12.2 Å². The quantitative estimate of drug-likeness (QED) is 0.639. The monoisotopic (exact) mass is 242 g/mol. The van der Waals surface area contributed by atoms with E-state index in [0.29, 0.717) is 5.82 Å². The lowest BCUT2D eigenvalue weighted by molar-refractivity contribution is 1.01. The van der Waals surface area contributed by atoms with Gasteiger partial charge in [-0.05, 0) is 43.7 Å². The summed E-state index contributed by atoms with van der Waals surface area (Å²) in [5.41, 5.74) is 6.01. The molecule has 0 aliphatic heterocycles. The summed E-state index contributed by atoms with van der Waals surface area (Å²) in [6.45, 7) is 5.11. The number of pyridine rings is 1. The lowest BCUT2D eigenvalue weighted by atomic mass is 10.2. The van der Waals surface area contributed by atoms with Crippen LogP contribution in [0.25, 0.3) is 0 Å². The van der Waals surface area contributed by atoms with E-state index in [4.69, 9.17) is 5.84 Å². The Balaban J connectivity index is 2.32. The van der Waals surface area contributed by atoms with Crippen molar-refractivity contribution in [2.75, 3.05) is 16.9 Å². The van der Waals surface area contributed by atoms with Gasteiger partial charge in [0.15, 0.2) is 0 Å². The zero-order valence-electron chi connectivity index (χ0n) is 10.7. The molecule has 0 spiro atoms. The predicted octanol–water partition coefficient (Wildman–Crippen LogP) is 2.83. The summed E-state index contributed by atoms with van der Waals surface area (Å²) in [6, 6.07) is 12.3. The lowest BCUT2D eigenvalue weighted by Gasteiger charge is -2.23. The Hall–Kier alpha value is -2.07. The molecule has 2 rings (SSSR count). The number of aromatic nitrogens is 1. The van der Waals surface area contributed by atoms with Crippen molar-refractivity contribution in [1.82, 2.24) is 4.98 Å². The minimum absolute atomic E-state index is 0.666. The van der Waals surface area contributed by atoms with Gasteiger partial charge in [-0.3, -0.25) is 0 Å². The molecule has 18 heavy (non-hydrogen) atoms. The van der Waals surface area contributed by atoms with Crippen LogP contribution >= 0.6 is 0 Å². The van der Waals surface area contributed by atoms with Gasteiger partial charge in [-0.1, -0.05) is 12.1 Å². The van der Waals surface area contributed by atoms with Gasteiger partial charge in [-0.2, -0.15) is 0 Å². The number of rotatable bonds is 4. The number of nitrogens with one attached hydrogen (secondary N) is 1. The fraction of sp³-hybridized carbons (Fsp3) is 0.214. The summed E-state index contributed by atoms with van der Waals surface area (Å²) in [5.74, 6) is 5.98. The van der Waals surface area contributed by atoms with Crippen LogP contribution in [0.15, 0.2) is 42.6 Å². The number of nitrogens with two attached hydrogens (primary N) is 1. The summed E-state index contributed by atoms with van der Waals surface area (Å²) in [7, 11) is 0. The van der Waals surface area contributed by atoms with Crippen molar-refractivity contribution in [1.29, 1.82) is 0 Å². The van der Waals surface area contributed by atoms with E-state index in [2.05, 4.69) is 53.4 Å². The van der Waals surface area contributed by atoms with Crippen molar-refractivity contribution < 1.29 is 0 Å². The highest BCUT2D eigenvalue weighted by atomic mass is 15.2. The Morgan fingerprint density at radius 3 is 2.61 bits per heavy atom. The molecule has 0 aliphatic carbocycles. The number of anilines is 3. The van der Waals surface area contributed by atoms with Crippen molar-refractivity contribution in [3.63, 3.8) is 0 Å². The molecule has 1 heterocycles. The van der Waals surface area contributed by atoms with Gasteiger partial charge in [0.25, 0.3) is 0 Å². The standard InChI is InChI=1S/C14H18N4/c1-3-18(12-6-4-5-11(2)9-12)13-7-8-14(17-15)16-10-13/h4-10H,3,15H2,1-2H3,(H,16,17). The molecule has 0 bridgehead atoms. The maximum Gasteiger partial charge on any atom is 0.140 e. The Morgan fingerprint density at radius 1 is 1.22 bits per heavy atom. The average Bonchev–Trinajstić information content (AvgIpc) is 2.40. The van der Waals surface area contributed by atoms with E-state index in [1.165, 1.54) is 11.3 Å². The topological polar surface area (TPSA) is 54.2 Å². The second kappa shape index (κ2) is 5.51. The molecule has 0 saturated heterocycles. The van der Waals surface area contributed by atoms with Crippen LogP contribution in [0.4, 0.5) is 17.2 Å². The molecule has 0 aliphatic rings. The number of benzene rings is 1. The van der Waals surface area contributed by atoms with E-state index < -0.39 is 0 Å². The highest BCUT2D eigenvalue weighted by molar-refractivity contribution is 5.63. The van der Waals surface area contributed by atoms with Crippen molar-refractivity contribution in [3.8, 4) is 0 Å². The molecule has 0 radical (unpaired) electrons. The first-order chi connectivity index (χ1) is 8.74. The number of nitrogens with zero attached hydrogens (tertiary/aromatic N) is 2. The lowest BCUT2D eigenvalue weighted by Crippen LogP contribution is -2.16. The molecule has 0 saturated carbocycles. The summed E-state index contributed by atoms with van der Waals surface area (Å²) in [5, 5.41) is 0. The molecule has 94 valence electrons. The van der Waals surface area contributed by atoms with Crippen LogP contribution in [-0.4, -0.2) is 11.5 Å². The third-order valence-corrected chi connectivity index (χ3v) is 2.84. The normalized spacial score (nSPS) is 10.2. The van der Waals surface area contributed by atoms with Gasteiger partial charge in [0.05, 0.1) is 11.9 Å². The molecule has 3 N–H and O–H groups in total. The number of nitrogen functional groups attached to an aromatic ring is 1. The van der Waals surface area contributed by atoms with Gasteiger partial charge in [0.1, 0.15) is 5.82 Å². The van der Waals surface area contributed by atoms with Gasteiger partial charge >= 0.3 is 0 Å². The van der Waals surface area contributed by atoms with E-state index in [-0.39, 0.29) is 0 Å². The molecule has 4 heteroatoms. The Morgan fingerprint density at radius 2 is 2.06 bits per heavy atom. The van der Waals surface area contributed by atoms with Crippen LogP contribution in [0.2, 0.25) is 0 Å². The summed E-state index contributed by atoms with van der Waals surface area (Å²) >= 11 is 0. The molecular weight excluding hydrogens is 224 g/mol. The number of hydrazine groups is 1. The number of aryl methyl sites for hydroxylation is 1. The third kappa shape index (κ3) is 2.60. The molecule has 0 atom stereocenters. The van der Waals surface area contributed by atoms with E-state index in [1.807, 2.05) is 18.3 Å². The molecule has 4 nitrogen and oxygen atoms in total. The predicted molar refractivity (Wildman–Crippen MR) is 75.9 cm³/mol. The van der Waals surface area contributed by atoms with Gasteiger partial charge in [0, 0.05) is 12.2 Å². The van der Waals surface area contributed by atoms with Crippen molar-refractivity contribution in [3.05, 3.63) is 48.2 Å². The van der Waals surface area contributed by atoms with Crippen LogP contribution in [-0.2, 0) is 0 Å². The SMILES string of the molecule is CCN(c1ccc(NN)nc1)c1cccc(C)c1.